The van der Waals surface area contributed by atoms with E-state index >= 15 is 0 Å². The number of ether oxygens (including phenoxy) is 2. The normalized spacial score (nSPS) is 11.3. The molecule has 0 saturated carbocycles. The molecular formula is C24H31N5O2. The van der Waals surface area contributed by atoms with Crippen LogP contribution in [0.25, 0.3) is 5.69 Å². The van der Waals surface area contributed by atoms with Gasteiger partial charge >= 0.3 is 0 Å². The molecule has 1 aromatic heterocycles. The van der Waals surface area contributed by atoms with Crippen molar-refractivity contribution < 1.29 is 9.47 Å². The van der Waals surface area contributed by atoms with Crippen molar-refractivity contribution >= 4 is 5.96 Å². The van der Waals surface area contributed by atoms with Gasteiger partial charge < -0.3 is 20.1 Å². The summed E-state index contributed by atoms with van der Waals surface area (Å²) in [5.41, 5.74) is 3.49. The van der Waals surface area contributed by atoms with Crippen molar-refractivity contribution in [1.82, 2.24) is 20.4 Å². The molecule has 0 atom stereocenters. The summed E-state index contributed by atoms with van der Waals surface area (Å²) >= 11 is 0. The molecule has 0 aliphatic carbocycles. The van der Waals surface area contributed by atoms with Crippen LogP contribution in [0.3, 0.4) is 0 Å². The monoisotopic (exact) mass is 421 g/mol. The van der Waals surface area contributed by atoms with Gasteiger partial charge in [0.2, 0.25) is 0 Å². The number of hydrogen-bond acceptors (Lipinski definition) is 4. The zero-order valence-electron chi connectivity index (χ0n) is 18.5. The first-order valence-electron chi connectivity index (χ1n) is 10.6. The third-order valence-corrected chi connectivity index (χ3v) is 4.87. The van der Waals surface area contributed by atoms with E-state index in [1.807, 2.05) is 29.1 Å². The Balaban J connectivity index is 1.49. The van der Waals surface area contributed by atoms with Gasteiger partial charge in [0.1, 0.15) is 0 Å². The molecule has 7 nitrogen and oxygen atoms in total. The number of methoxy groups -OCH3 is 2. The fraction of sp³-hybridized carbons (Fsp3) is 0.333. The highest BCUT2D eigenvalue weighted by Crippen LogP contribution is 2.27. The van der Waals surface area contributed by atoms with E-state index in [0.29, 0.717) is 6.54 Å². The Kier molecular flexibility index (Phi) is 8.34. The van der Waals surface area contributed by atoms with Crippen molar-refractivity contribution in [1.29, 1.82) is 0 Å². The fourth-order valence-electron chi connectivity index (χ4n) is 3.24. The summed E-state index contributed by atoms with van der Waals surface area (Å²) in [6, 6.07) is 16.3. The average Bonchev–Trinajstić information content (AvgIpc) is 3.34. The number of aliphatic imine (C=N–C) groups is 1. The molecule has 0 saturated heterocycles. The van der Waals surface area contributed by atoms with Crippen LogP contribution < -0.4 is 20.1 Å². The van der Waals surface area contributed by atoms with Gasteiger partial charge in [-0.1, -0.05) is 18.2 Å². The maximum absolute atomic E-state index is 5.38. The Labute approximate surface area is 184 Å². The Morgan fingerprint density at radius 3 is 2.42 bits per heavy atom. The fourth-order valence-corrected chi connectivity index (χ4v) is 3.24. The smallest absolute Gasteiger partial charge is 0.191 e. The average molecular weight is 422 g/mol. The SMILES string of the molecule is CCNC(=NCCc1ccc(-n2cccn2)cc1)NCCc1ccc(OC)c(OC)c1. The van der Waals surface area contributed by atoms with Crippen molar-refractivity contribution in [2.24, 2.45) is 4.99 Å². The summed E-state index contributed by atoms with van der Waals surface area (Å²) in [6.45, 7) is 4.38. The summed E-state index contributed by atoms with van der Waals surface area (Å²) in [4.78, 5) is 4.71. The van der Waals surface area contributed by atoms with Crippen molar-refractivity contribution in [3.63, 3.8) is 0 Å². The zero-order chi connectivity index (χ0) is 21.9. The molecule has 7 heteroatoms. The first-order valence-corrected chi connectivity index (χ1v) is 10.6. The molecule has 0 amide bonds. The topological polar surface area (TPSA) is 72.7 Å². The number of nitrogens with zero attached hydrogens (tertiary/aromatic N) is 3. The number of aromatic nitrogens is 2. The molecule has 164 valence electrons. The van der Waals surface area contributed by atoms with Crippen molar-refractivity contribution in [3.05, 3.63) is 72.1 Å². The lowest BCUT2D eigenvalue weighted by Crippen LogP contribution is -2.38. The van der Waals surface area contributed by atoms with Crippen LogP contribution in [0.1, 0.15) is 18.1 Å². The number of nitrogens with one attached hydrogen (secondary N) is 2. The highest BCUT2D eigenvalue weighted by atomic mass is 16.5. The van der Waals surface area contributed by atoms with E-state index < -0.39 is 0 Å². The third kappa shape index (κ3) is 6.50. The zero-order valence-corrected chi connectivity index (χ0v) is 18.5. The molecule has 1 heterocycles. The Morgan fingerprint density at radius 1 is 0.968 bits per heavy atom. The highest BCUT2D eigenvalue weighted by molar-refractivity contribution is 5.79. The van der Waals surface area contributed by atoms with Gasteiger partial charge in [0.25, 0.3) is 0 Å². The van der Waals surface area contributed by atoms with Crippen LogP contribution in [0.2, 0.25) is 0 Å². The van der Waals surface area contributed by atoms with E-state index in [4.69, 9.17) is 14.5 Å². The second kappa shape index (κ2) is 11.6. The lowest BCUT2D eigenvalue weighted by atomic mass is 10.1. The van der Waals surface area contributed by atoms with Gasteiger partial charge in [0, 0.05) is 32.0 Å². The minimum absolute atomic E-state index is 0.715. The van der Waals surface area contributed by atoms with Crippen LogP contribution in [0, 0.1) is 0 Å². The van der Waals surface area contributed by atoms with Crippen LogP contribution in [0.5, 0.6) is 11.5 Å². The van der Waals surface area contributed by atoms with Crippen LogP contribution in [-0.4, -0.2) is 49.6 Å². The third-order valence-electron chi connectivity index (χ3n) is 4.87. The molecule has 0 aliphatic rings. The summed E-state index contributed by atoms with van der Waals surface area (Å²) in [5.74, 6) is 2.32. The Morgan fingerprint density at radius 2 is 1.74 bits per heavy atom. The lowest BCUT2D eigenvalue weighted by Gasteiger charge is -2.13. The van der Waals surface area contributed by atoms with Crippen molar-refractivity contribution in [3.8, 4) is 17.2 Å². The molecule has 2 N–H and O–H groups in total. The largest absolute Gasteiger partial charge is 0.493 e. The minimum atomic E-state index is 0.715. The van der Waals surface area contributed by atoms with Crippen LogP contribution >= 0.6 is 0 Å². The molecule has 0 spiro atoms. The van der Waals surface area contributed by atoms with Gasteiger partial charge in [-0.2, -0.15) is 5.10 Å². The summed E-state index contributed by atoms with van der Waals surface area (Å²) in [5, 5.41) is 11.0. The molecule has 31 heavy (non-hydrogen) atoms. The van der Waals surface area contributed by atoms with E-state index in [1.165, 1.54) is 11.1 Å². The number of hydrogen-bond donors (Lipinski definition) is 2. The molecular weight excluding hydrogens is 390 g/mol. The maximum Gasteiger partial charge on any atom is 0.191 e. The molecule has 2 aromatic carbocycles. The van der Waals surface area contributed by atoms with E-state index in [9.17, 15) is 0 Å². The molecule has 0 fully saturated rings. The first-order chi connectivity index (χ1) is 15.2. The summed E-state index contributed by atoms with van der Waals surface area (Å²) in [6.07, 6.45) is 5.46. The second-order valence-electron chi connectivity index (χ2n) is 6.99. The molecule has 0 bridgehead atoms. The van der Waals surface area contributed by atoms with Crippen LogP contribution in [0.15, 0.2) is 65.9 Å². The molecule has 0 aliphatic heterocycles. The minimum Gasteiger partial charge on any atom is -0.493 e. The summed E-state index contributed by atoms with van der Waals surface area (Å²) in [7, 11) is 3.30. The van der Waals surface area contributed by atoms with Crippen molar-refractivity contribution in [2.45, 2.75) is 19.8 Å². The van der Waals surface area contributed by atoms with Gasteiger partial charge in [0.05, 0.1) is 19.9 Å². The Bertz CT molecular complexity index is 953. The van der Waals surface area contributed by atoms with Gasteiger partial charge in [-0.3, -0.25) is 4.99 Å². The standard InChI is InChI=1S/C24H31N5O2/c1-4-25-24(27-16-13-20-8-11-22(30-2)23(18-20)31-3)26-15-12-19-6-9-21(10-7-19)29-17-5-14-28-29/h5-11,14,17-18H,4,12-13,15-16H2,1-3H3,(H2,25,26,27). The van der Waals surface area contributed by atoms with E-state index in [-0.39, 0.29) is 0 Å². The maximum atomic E-state index is 5.38. The predicted molar refractivity (Wildman–Crippen MR) is 124 cm³/mol. The van der Waals surface area contributed by atoms with E-state index in [2.05, 4.69) is 53.0 Å². The Hall–Kier alpha value is -3.48. The molecule has 0 radical (unpaired) electrons. The summed E-state index contributed by atoms with van der Waals surface area (Å²) < 4.78 is 12.5. The quantitative estimate of drug-likeness (QED) is 0.388. The lowest BCUT2D eigenvalue weighted by molar-refractivity contribution is 0.354. The van der Waals surface area contributed by atoms with Crippen LogP contribution in [0.4, 0.5) is 0 Å². The number of rotatable bonds is 10. The molecule has 3 aromatic rings. The molecule has 3 rings (SSSR count). The predicted octanol–water partition coefficient (Wildman–Crippen LogP) is 3.23. The van der Waals surface area contributed by atoms with Gasteiger partial charge in [-0.05, 0) is 61.2 Å². The highest BCUT2D eigenvalue weighted by Gasteiger charge is 2.05. The second-order valence-corrected chi connectivity index (χ2v) is 6.99. The van der Waals surface area contributed by atoms with E-state index in [1.54, 1.807) is 20.4 Å². The number of guanidine groups is 1. The van der Waals surface area contributed by atoms with Gasteiger partial charge in [0.15, 0.2) is 17.5 Å². The van der Waals surface area contributed by atoms with Crippen molar-refractivity contribution in [2.75, 3.05) is 33.9 Å². The first kappa shape index (κ1) is 22.2. The van der Waals surface area contributed by atoms with Crippen LogP contribution in [-0.2, 0) is 12.8 Å². The molecule has 0 unspecified atom stereocenters. The number of benzene rings is 2. The van der Waals surface area contributed by atoms with E-state index in [0.717, 1.165) is 49.1 Å². The van der Waals surface area contributed by atoms with Gasteiger partial charge in [-0.25, -0.2) is 4.68 Å². The van der Waals surface area contributed by atoms with Gasteiger partial charge in [-0.15, -0.1) is 0 Å².